The first-order chi connectivity index (χ1) is 15.4. The van der Waals surface area contributed by atoms with E-state index in [1.54, 1.807) is 30.3 Å². The number of carbonyl (C=O) groups excluding carboxylic acids is 2. The number of thioether (sulfide) groups is 1. The fourth-order valence-corrected chi connectivity index (χ4v) is 4.76. The molecule has 4 aromatic rings. The van der Waals surface area contributed by atoms with Crippen molar-refractivity contribution in [1.82, 2.24) is 4.98 Å². The summed E-state index contributed by atoms with van der Waals surface area (Å²) in [7, 11) is 0. The van der Waals surface area contributed by atoms with Gasteiger partial charge >= 0.3 is 6.03 Å². The van der Waals surface area contributed by atoms with Gasteiger partial charge in [-0.3, -0.25) is 4.79 Å². The lowest BCUT2D eigenvalue weighted by Crippen LogP contribution is -2.19. The number of fused-ring (bicyclic) bond motifs is 1. The zero-order valence-electron chi connectivity index (χ0n) is 16.4. The second-order valence-electron chi connectivity index (χ2n) is 6.59. The van der Waals surface area contributed by atoms with Gasteiger partial charge in [-0.1, -0.05) is 23.4 Å². The summed E-state index contributed by atoms with van der Waals surface area (Å²) < 4.78 is 14.6. The van der Waals surface area contributed by atoms with Crippen molar-refractivity contribution >= 4 is 73.9 Å². The van der Waals surface area contributed by atoms with Crippen LogP contribution in [0.5, 0.6) is 0 Å². The van der Waals surface area contributed by atoms with Crippen LogP contribution >= 0.6 is 34.7 Å². The Kier molecular flexibility index (Phi) is 6.89. The molecule has 3 amide bonds. The van der Waals surface area contributed by atoms with E-state index in [1.165, 1.54) is 47.4 Å². The Bertz CT molecular complexity index is 1260. The Hall–Kier alpha value is -3.14. The van der Waals surface area contributed by atoms with Crippen molar-refractivity contribution in [2.75, 3.05) is 21.7 Å². The van der Waals surface area contributed by atoms with Gasteiger partial charge in [0.2, 0.25) is 5.91 Å². The van der Waals surface area contributed by atoms with Crippen LogP contribution in [0.15, 0.2) is 71.1 Å². The van der Waals surface area contributed by atoms with Crippen molar-refractivity contribution in [1.29, 1.82) is 0 Å². The maximum atomic E-state index is 12.9. The number of hydrogen-bond donors (Lipinski definition) is 3. The number of carbonyl (C=O) groups is 2. The molecule has 3 N–H and O–H groups in total. The molecule has 0 bridgehead atoms. The standard InChI is InChI=1S/C22H16ClFN4O2S2/c23-13-1-5-16(6-2-13)26-21(30)27-17-9-10-18-19(11-17)32-22(28-18)31-12-20(29)25-15-7-3-14(24)4-8-15/h1-11H,12H2,(H,25,29)(H2,26,27,30). The highest BCUT2D eigenvalue weighted by atomic mass is 35.5. The van der Waals surface area contributed by atoms with Crippen molar-refractivity contribution in [2.45, 2.75) is 4.34 Å². The number of nitrogens with one attached hydrogen (secondary N) is 3. The number of benzene rings is 3. The molecule has 0 aliphatic heterocycles. The largest absolute Gasteiger partial charge is 0.325 e. The number of anilines is 3. The van der Waals surface area contributed by atoms with Crippen LogP contribution in [0.1, 0.15) is 0 Å². The minimum absolute atomic E-state index is 0.172. The van der Waals surface area contributed by atoms with Gasteiger partial charge in [-0.05, 0) is 66.7 Å². The normalized spacial score (nSPS) is 10.7. The van der Waals surface area contributed by atoms with E-state index in [2.05, 4.69) is 20.9 Å². The third-order valence-corrected chi connectivity index (χ3v) is 6.60. The molecule has 0 atom stereocenters. The zero-order chi connectivity index (χ0) is 22.5. The quantitative estimate of drug-likeness (QED) is 0.273. The first-order valence-electron chi connectivity index (χ1n) is 9.37. The molecule has 3 aromatic carbocycles. The number of nitrogens with zero attached hydrogens (tertiary/aromatic N) is 1. The fourth-order valence-electron chi connectivity index (χ4n) is 2.73. The van der Waals surface area contributed by atoms with Gasteiger partial charge in [0.15, 0.2) is 4.34 Å². The summed E-state index contributed by atoms with van der Waals surface area (Å²) >= 11 is 8.59. The molecule has 0 fully saturated rings. The van der Waals surface area contributed by atoms with Crippen LogP contribution in [0.4, 0.5) is 26.2 Å². The van der Waals surface area contributed by atoms with Gasteiger partial charge in [0.25, 0.3) is 0 Å². The number of hydrogen-bond acceptors (Lipinski definition) is 5. The summed E-state index contributed by atoms with van der Waals surface area (Å²) in [4.78, 5) is 28.8. The minimum atomic E-state index is -0.372. The number of rotatable bonds is 6. The summed E-state index contributed by atoms with van der Waals surface area (Å²) in [5.74, 6) is -0.392. The molecule has 0 aliphatic rings. The highest BCUT2D eigenvalue weighted by Crippen LogP contribution is 2.31. The maximum Gasteiger partial charge on any atom is 0.323 e. The SMILES string of the molecule is O=C(CSc1nc2ccc(NC(=O)Nc3ccc(Cl)cc3)cc2s1)Nc1ccc(F)cc1. The Morgan fingerprint density at radius 3 is 2.28 bits per heavy atom. The Balaban J connectivity index is 1.33. The van der Waals surface area contributed by atoms with E-state index in [9.17, 15) is 14.0 Å². The summed E-state index contributed by atoms with van der Waals surface area (Å²) in [6.07, 6.45) is 0. The van der Waals surface area contributed by atoms with Gasteiger partial charge in [-0.2, -0.15) is 0 Å². The van der Waals surface area contributed by atoms with Crippen LogP contribution in [-0.4, -0.2) is 22.7 Å². The van der Waals surface area contributed by atoms with Crippen LogP contribution in [0, 0.1) is 5.82 Å². The topological polar surface area (TPSA) is 83.1 Å². The highest BCUT2D eigenvalue weighted by Gasteiger charge is 2.10. The summed E-state index contributed by atoms with van der Waals surface area (Å²) in [5.41, 5.74) is 2.57. The van der Waals surface area contributed by atoms with Crippen molar-refractivity contribution in [2.24, 2.45) is 0 Å². The number of amides is 3. The molecule has 0 radical (unpaired) electrons. The van der Waals surface area contributed by atoms with E-state index < -0.39 is 0 Å². The van der Waals surface area contributed by atoms with Crippen LogP contribution < -0.4 is 16.0 Å². The first kappa shape index (κ1) is 22.1. The number of halogens is 2. The highest BCUT2D eigenvalue weighted by molar-refractivity contribution is 8.01. The first-order valence-corrected chi connectivity index (χ1v) is 11.5. The second kappa shape index (κ2) is 9.99. The van der Waals surface area contributed by atoms with Crippen LogP contribution in [-0.2, 0) is 4.79 Å². The minimum Gasteiger partial charge on any atom is -0.325 e. The summed E-state index contributed by atoms with van der Waals surface area (Å²) in [5, 5.41) is 8.83. The number of aromatic nitrogens is 1. The van der Waals surface area contributed by atoms with E-state index >= 15 is 0 Å². The molecular weight excluding hydrogens is 471 g/mol. The van der Waals surface area contributed by atoms with Crippen molar-refractivity contribution in [3.05, 3.63) is 77.6 Å². The van der Waals surface area contributed by atoms with E-state index in [4.69, 9.17) is 11.6 Å². The Morgan fingerprint density at radius 1 is 0.906 bits per heavy atom. The molecular formula is C22H16ClFN4O2S2. The van der Waals surface area contributed by atoms with Crippen LogP contribution in [0.2, 0.25) is 5.02 Å². The Labute approximate surface area is 196 Å². The average Bonchev–Trinajstić information content (AvgIpc) is 3.18. The molecule has 32 heavy (non-hydrogen) atoms. The number of thiazole rings is 1. The van der Waals surface area contributed by atoms with E-state index in [-0.39, 0.29) is 23.5 Å². The smallest absolute Gasteiger partial charge is 0.323 e. The van der Waals surface area contributed by atoms with Gasteiger partial charge < -0.3 is 16.0 Å². The number of urea groups is 1. The second-order valence-corrected chi connectivity index (χ2v) is 9.28. The zero-order valence-corrected chi connectivity index (χ0v) is 18.8. The molecule has 0 saturated carbocycles. The molecule has 0 aliphatic carbocycles. The van der Waals surface area contributed by atoms with Gasteiger partial charge in [0.05, 0.1) is 16.0 Å². The lowest BCUT2D eigenvalue weighted by Gasteiger charge is -2.07. The molecule has 162 valence electrons. The molecule has 4 rings (SSSR count). The lowest BCUT2D eigenvalue weighted by atomic mass is 10.3. The molecule has 0 unspecified atom stereocenters. The van der Waals surface area contributed by atoms with Gasteiger partial charge in [0, 0.05) is 22.1 Å². The van der Waals surface area contributed by atoms with Crippen molar-refractivity contribution in [3.8, 4) is 0 Å². The Morgan fingerprint density at radius 2 is 1.53 bits per heavy atom. The third-order valence-electron chi connectivity index (χ3n) is 4.18. The van der Waals surface area contributed by atoms with Gasteiger partial charge in [-0.15, -0.1) is 11.3 Å². The van der Waals surface area contributed by atoms with E-state index in [1.807, 2.05) is 12.1 Å². The van der Waals surface area contributed by atoms with Crippen molar-refractivity contribution < 1.29 is 14.0 Å². The van der Waals surface area contributed by atoms with Crippen LogP contribution in [0.3, 0.4) is 0 Å². The predicted octanol–water partition coefficient (Wildman–Crippen LogP) is 6.46. The monoisotopic (exact) mass is 486 g/mol. The van der Waals surface area contributed by atoms with Crippen LogP contribution in [0.25, 0.3) is 10.2 Å². The fraction of sp³-hybridized carbons (Fsp3) is 0.0455. The molecule has 0 saturated heterocycles. The predicted molar refractivity (Wildman–Crippen MR) is 129 cm³/mol. The average molecular weight is 487 g/mol. The van der Waals surface area contributed by atoms with Crippen molar-refractivity contribution in [3.63, 3.8) is 0 Å². The molecule has 10 heteroatoms. The summed E-state index contributed by atoms with van der Waals surface area (Å²) in [6.45, 7) is 0. The third kappa shape index (κ3) is 5.97. The molecule has 1 heterocycles. The lowest BCUT2D eigenvalue weighted by molar-refractivity contribution is -0.113. The molecule has 0 spiro atoms. The van der Waals surface area contributed by atoms with E-state index in [0.717, 1.165) is 14.6 Å². The maximum absolute atomic E-state index is 12.9. The van der Waals surface area contributed by atoms with Gasteiger partial charge in [-0.25, -0.2) is 14.2 Å². The van der Waals surface area contributed by atoms with E-state index in [0.29, 0.717) is 22.1 Å². The summed E-state index contributed by atoms with van der Waals surface area (Å²) in [6, 6.07) is 17.4. The molecule has 6 nitrogen and oxygen atoms in total. The van der Waals surface area contributed by atoms with Gasteiger partial charge in [0.1, 0.15) is 5.82 Å². The molecule has 1 aromatic heterocycles.